The van der Waals surface area contributed by atoms with Crippen LogP contribution in [-0.2, 0) is 10.0 Å². The number of nitrogens with two attached hydrogens (primary N) is 1. The molecule has 0 fully saturated rings. The number of rotatable bonds is 3. The number of benzene rings is 1. The van der Waals surface area contributed by atoms with Crippen LogP contribution in [0.25, 0.3) is 0 Å². The first kappa shape index (κ1) is 15.1. The molecular weight excluding hydrogens is 366 g/mol. The number of nitrogen functional groups attached to an aromatic ring is 1. The zero-order valence-corrected chi connectivity index (χ0v) is 13.6. The van der Waals surface area contributed by atoms with E-state index in [-0.39, 0.29) is 10.6 Å². The van der Waals surface area contributed by atoms with E-state index < -0.39 is 10.0 Å². The molecule has 0 spiro atoms. The molecule has 0 atom stereocenters. The Labute approximate surface area is 130 Å². The fourth-order valence-electron chi connectivity index (χ4n) is 1.58. The van der Waals surface area contributed by atoms with Gasteiger partial charge >= 0.3 is 0 Å². The number of halogens is 2. The number of nitrogens with one attached hydrogen (secondary N) is 1. The van der Waals surface area contributed by atoms with Crippen LogP contribution >= 0.6 is 27.5 Å². The van der Waals surface area contributed by atoms with Gasteiger partial charge in [0.25, 0.3) is 10.0 Å². The van der Waals surface area contributed by atoms with Crippen LogP contribution in [0.2, 0.25) is 5.02 Å². The zero-order chi connectivity index (χ0) is 14.9. The second-order valence-corrected chi connectivity index (χ2v) is 7.02. The van der Waals surface area contributed by atoms with Crippen molar-refractivity contribution in [2.24, 2.45) is 0 Å². The Kier molecular flexibility index (Phi) is 4.22. The molecule has 0 amide bonds. The lowest BCUT2D eigenvalue weighted by Gasteiger charge is -2.11. The molecule has 0 aliphatic heterocycles. The third-order valence-electron chi connectivity index (χ3n) is 2.58. The standard InChI is InChI=1S/C12H11BrClN3O2S/c1-7-4-8(5-10(15)12(7)14)20(18,19)17-11-2-3-16-6-9(11)13/h2-6H,15H2,1H3,(H,16,17). The highest BCUT2D eigenvalue weighted by atomic mass is 79.9. The Bertz CT molecular complexity index is 742. The molecule has 0 aliphatic carbocycles. The van der Waals surface area contributed by atoms with E-state index in [1.54, 1.807) is 13.0 Å². The third-order valence-corrected chi connectivity index (χ3v) is 5.08. The summed E-state index contributed by atoms with van der Waals surface area (Å²) < 4.78 is 27.6. The summed E-state index contributed by atoms with van der Waals surface area (Å²) in [4.78, 5) is 3.92. The summed E-state index contributed by atoms with van der Waals surface area (Å²) in [5, 5.41) is 0.356. The molecule has 1 heterocycles. The van der Waals surface area contributed by atoms with Crippen LogP contribution in [0.4, 0.5) is 11.4 Å². The van der Waals surface area contributed by atoms with E-state index in [4.69, 9.17) is 17.3 Å². The molecular formula is C12H11BrClN3O2S. The van der Waals surface area contributed by atoms with Gasteiger partial charge in [0.2, 0.25) is 0 Å². The summed E-state index contributed by atoms with van der Waals surface area (Å²) in [6.07, 6.45) is 2.99. The molecule has 2 aromatic rings. The number of aromatic nitrogens is 1. The van der Waals surface area contributed by atoms with E-state index in [1.165, 1.54) is 24.5 Å². The van der Waals surface area contributed by atoms with Crippen LogP contribution in [0.5, 0.6) is 0 Å². The Morgan fingerprint density at radius 1 is 1.40 bits per heavy atom. The molecule has 0 unspecified atom stereocenters. The van der Waals surface area contributed by atoms with Crippen molar-refractivity contribution < 1.29 is 8.42 Å². The maximum absolute atomic E-state index is 12.3. The molecule has 5 nitrogen and oxygen atoms in total. The van der Waals surface area contributed by atoms with Crippen molar-refractivity contribution in [3.05, 3.63) is 45.7 Å². The minimum absolute atomic E-state index is 0.0561. The van der Waals surface area contributed by atoms with Crippen molar-refractivity contribution in [3.8, 4) is 0 Å². The van der Waals surface area contributed by atoms with Gasteiger partial charge in [-0.05, 0) is 46.6 Å². The van der Waals surface area contributed by atoms with E-state index in [0.29, 0.717) is 20.7 Å². The van der Waals surface area contributed by atoms with E-state index >= 15 is 0 Å². The lowest BCUT2D eigenvalue weighted by Crippen LogP contribution is -2.14. The number of hydrogen-bond donors (Lipinski definition) is 2. The quantitative estimate of drug-likeness (QED) is 0.806. The zero-order valence-electron chi connectivity index (χ0n) is 10.4. The molecule has 3 N–H and O–H groups in total. The summed E-state index contributed by atoms with van der Waals surface area (Å²) in [6.45, 7) is 1.69. The summed E-state index contributed by atoms with van der Waals surface area (Å²) in [5.41, 5.74) is 6.91. The van der Waals surface area contributed by atoms with Crippen molar-refractivity contribution >= 4 is 48.9 Å². The van der Waals surface area contributed by atoms with Gasteiger partial charge in [0.15, 0.2) is 0 Å². The number of pyridine rings is 1. The number of hydrogen-bond acceptors (Lipinski definition) is 4. The fourth-order valence-corrected chi connectivity index (χ4v) is 3.37. The van der Waals surface area contributed by atoms with E-state index in [1.807, 2.05) is 0 Å². The monoisotopic (exact) mass is 375 g/mol. The van der Waals surface area contributed by atoms with Gasteiger partial charge in [-0.25, -0.2) is 8.42 Å². The van der Waals surface area contributed by atoms with E-state index in [9.17, 15) is 8.42 Å². The van der Waals surface area contributed by atoms with Gasteiger partial charge in [0.05, 0.1) is 25.8 Å². The molecule has 8 heteroatoms. The molecule has 2 rings (SSSR count). The number of anilines is 2. The van der Waals surface area contributed by atoms with Crippen LogP contribution in [-0.4, -0.2) is 13.4 Å². The second kappa shape index (κ2) is 5.59. The Morgan fingerprint density at radius 3 is 2.70 bits per heavy atom. The largest absolute Gasteiger partial charge is 0.397 e. The Balaban J connectivity index is 2.44. The SMILES string of the molecule is Cc1cc(S(=O)(=O)Nc2ccncc2Br)cc(N)c1Cl. The first-order chi connectivity index (χ1) is 9.31. The minimum atomic E-state index is -3.74. The fraction of sp³-hybridized carbons (Fsp3) is 0.0833. The summed E-state index contributed by atoms with van der Waals surface area (Å²) >= 11 is 9.16. The first-order valence-electron chi connectivity index (χ1n) is 5.49. The average Bonchev–Trinajstić information content (AvgIpc) is 2.38. The highest BCUT2D eigenvalue weighted by Crippen LogP contribution is 2.29. The maximum atomic E-state index is 12.3. The average molecular weight is 377 g/mol. The van der Waals surface area contributed by atoms with E-state index in [2.05, 4.69) is 25.6 Å². The smallest absolute Gasteiger partial charge is 0.262 e. The van der Waals surface area contributed by atoms with Crippen LogP contribution in [0.3, 0.4) is 0 Å². The molecule has 0 saturated carbocycles. The molecule has 106 valence electrons. The van der Waals surface area contributed by atoms with Crippen LogP contribution in [0, 0.1) is 6.92 Å². The van der Waals surface area contributed by atoms with Crippen LogP contribution in [0.15, 0.2) is 40.0 Å². The topological polar surface area (TPSA) is 85.1 Å². The van der Waals surface area contributed by atoms with E-state index in [0.717, 1.165) is 0 Å². The van der Waals surface area contributed by atoms with Gasteiger partial charge in [-0.1, -0.05) is 11.6 Å². The van der Waals surface area contributed by atoms with Crippen molar-refractivity contribution in [2.75, 3.05) is 10.5 Å². The van der Waals surface area contributed by atoms with Crippen molar-refractivity contribution in [2.45, 2.75) is 11.8 Å². The lowest BCUT2D eigenvalue weighted by atomic mass is 10.2. The van der Waals surface area contributed by atoms with Gasteiger partial charge in [-0.3, -0.25) is 9.71 Å². The summed E-state index contributed by atoms with van der Waals surface area (Å²) in [5.74, 6) is 0. The molecule has 20 heavy (non-hydrogen) atoms. The Hall–Kier alpha value is -1.31. The predicted molar refractivity (Wildman–Crippen MR) is 83.3 cm³/mol. The molecule has 0 radical (unpaired) electrons. The van der Waals surface area contributed by atoms with Gasteiger partial charge in [-0.2, -0.15) is 0 Å². The Morgan fingerprint density at radius 2 is 2.10 bits per heavy atom. The molecule has 1 aromatic carbocycles. The molecule has 1 aromatic heterocycles. The van der Waals surface area contributed by atoms with Gasteiger partial charge < -0.3 is 5.73 Å². The van der Waals surface area contributed by atoms with Crippen molar-refractivity contribution in [1.82, 2.24) is 4.98 Å². The van der Waals surface area contributed by atoms with Gasteiger partial charge in [-0.15, -0.1) is 0 Å². The van der Waals surface area contributed by atoms with Gasteiger partial charge in [0.1, 0.15) is 0 Å². The molecule has 0 saturated heterocycles. The van der Waals surface area contributed by atoms with Crippen LogP contribution in [0.1, 0.15) is 5.56 Å². The highest BCUT2D eigenvalue weighted by molar-refractivity contribution is 9.10. The first-order valence-corrected chi connectivity index (χ1v) is 8.14. The normalized spacial score (nSPS) is 11.3. The second-order valence-electron chi connectivity index (χ2n) is 4.10. The summed E-state index contributed by atoms with van der Waals surface area (Å²) in [7, 11) is -3.74. The maximum Gasteiger partial charge on any atom is 0.262 e. The van der Waals surface area contributed by atoms with Gasteiger partial charge in [0, 0.05) is 12.4 Å². The third kappa shape index (κ3) is 3.05. The number of nitrogens with zero attached hydrogens (tertiary/aromatic N) is 1. The number of aryl methyl sites for hydroxylation is 1. The lowest BCUT2D eigenvalue weighted by molar-refractivity contribution is 0.601. The van der Waals surface area contributed by atoms with Crippen molar-refractivity contribution in [1.29, 1.82) is 0 Å². The number of sulfonamides is 1. The van der Waals surface area contributed by atoms with Crippen LogP contribution < -0.4 is 10.5 Å². The molecule has 0 bridgehead atoms. The highest BCUT2D eigenvalue weighted by Gasteiger charge is 2.18. The molecule has 0 aliphatic rings. The predicted octanol–water partition coefficient (Wildman–Crippen LogP) is 3.19. The summed E-state index contributed by atoms with van der Waals surface area (Å²) in [6, 6.07) is 4.34. The van der Waals surface area contributed by atoms with Crippen molar-refractivity contribution in [3.63, 3.8) is 0 Å². The minimum Gasteiger partial charge on any atom is -0.397 e.